The lowest BCUT2D eigenvalue weighted by Gasteiger charge is -1.94. The van der Waals surface area contributed by atoms with E-state index in [1.54, 1.807) is 24.3 Å². The topological polar surface area (TPSA) is 89.3 Å². The summed E-state index contributed by atoms with van der Waals surface area (Å²) >= 11 is 0. The largest absolute Gasteiger partial charge is 0.478 e. The quantitative estimate of drug-likeness (QED) is 0.367. The summed E-state index contributed by atoms with van der Waals surface area (Å²) in [4.78, 5) is 10.7. The van der Waals surface area contributed by atoms with Crippen molar-refractivity contribution in [3.8, 4) is 11.8 Å². The van der Waals surface area contributed by atoms with Crippen molar-refractivity contribution < 1.29 is 9.90 Å². The van der Waals surface area contributed by atoms with Crippen LogP contribution in [0.15, 0.2) is 73.5 Å². The van der Waals surface area contributed by atoms with Crippen molar-refractivity contribution in [1.29, 1.82) is 0 Å². The first-order valence-corrected chi connectivity index (χ1v) is 9.05. The zero-order chi connectivity index (χ0) is 21.9. The van der Waals surface area contributed by atoms with Crippen molar-refractivity contribution in [1.82, 2.24) is 0 Å². The summed E-state index contributed by atoms with van der Waals surface area (Å²) in [7, 11) is 0. The lowest BCUT2D eigenvalue weighted by Crippen LogP contribution is -1.94. The van der Waals surface area contributed by atoms with Crippen LogP contribution in [0.4, 0.5) is 5.69 Å². The van der Waals surface area contributed by atoms with Crippen LogP contribution in [-0.4, -0.2) is 11.1 Å². The van der Waals surface area contributed by atoms with Crippen LogP contribution < -0.4 is 11.5 Å². The molecule has 0 aliphatic carbocycles. The van der Waals surface area contributed by atoms with Gasteiger partial charge in [0.05, 0.1) is 5.56 Å². The first-order valence-electron chi connectivity index (χ1n) is 9.05. The second kappa shape index (κ2) is 17.0. The Morgan fingerprint density at radius 1 is 1.00 bits per heavy atom. The van der Waals surface area contributed by atoms with Crippen LogP contribution in [0.2, 0.25) is 0 Å². The van der Waals surface area contributed by atoms with Crippen LogP contribution in [0.1, 0.15) is 55.6 Å². The fraction of sp³-hybridized carbons (Fsp3) is 0.208. The number of carbonyl (C=O) groups is 1. The van der Waals surface area contributed by atoms with Gasteiger partial charge >= 0.3 is 5.97 Å². The van der Waals surface area contributed by atoms with E-state index in [9.17, 15) is 4.79 Å². The molecule has 0 saturated carbocycles. The molecule has 0 aliphatic heterocycles. The van der Waals surface area contributed by atoms with E-state index in [0.29, 0.717) is 5.69 Å². The first-order chi connectivity index (χ1) is 13.4. The first kappa shape index (κ1) is 26.8. The minimum Gasteiger partial charge on any atom is -0.478 e. The van der Waals surface area contributed by atoms with Crippen LogP contribution >= 0.6 is 0 Å². The minimum absolute atomic E-state index is 0.257. The molecule has 2 aromatic rings. The Bertz CT molecular complexity index is 761. The molecule has 2 aromatic carbocycles. The molecule has 0 spiro atoms. The predicted molar refractivity (Wildman–Crippen MR) is 121 cm³/mol. The van der Waals surface area contributed by atoms with Gasteiger partial charge in [0, 0.05) is 22.5 Å². The molecule has 0 heterocycles. The molecule has 0 radical (unpaired) electrons. The number of hydrogen-bond acceptors (Lipinski definition) is 3. The highest BCUT2D eigenvalue weighted by molar-refractivity contribution is 5.87. The van der Waals surface area contributed by atoms with Gasteiger partial charge in [0.15, 0.2) is 0 Å². The van der Waals surface area contributed by atoms with E-state index in [0.717, 1.165) is 23.2 Å². The van der Waals surface area contributed by atoms with Crippen molar-refractivity contribution >= 4 is 11.7 Å². The third kappa shape index (κ3) is 12.8. The van der Waals surface area contributed by atoms with E-state index in [2.05, 4.69) is 31.9 Å². The van der Waals surface area contributed by atoms with Gasteiger partial charge in [0.25, 0.3) is 0 Å². The number of allylic oxidation sites excluding steroid dienone is 2. The highest BCUT2D eigenvalue weighted by Gasteiger charge is 1.99. The van der Waals surface area contributed by atoms with E-state index in [1.807, 2.05) is 39.0 Å². The van der Waals surface area contributed by atoms with Crippen LogP contribution in [0.25, 0.3) is 0 Å². The molecule has 0 aliphatic rings. The van der Waals surface area contributed by atoms with Gasteiger partial charge < -0.3 is 16.6 Å². The van der Waals surface area contributed by atoms with Gasteiger partial charge in [-0.25, -0.2) is 4.79 Å². The Hall–Kier alpha value is -3.45. The summed E-state index contributed by atoms with van der Waals surface area (Å²) in [6, 6.07) is 13.7. The monoisotopic (exact) mass is 380 g/mol. The van der Waals surface area contributed by atoms with E-state index in [4.69, 9.17) is 16.6 Å². The maximum Gasteiger partial charge on any atom is 0.335 e. The minimum atomic E-state index is -0.937. The SMILES string of the molecule is C=C.CC.CC/C=C(\C)N.Nc1ccc(C#Cc2ccc(C(=O)O)cc2)cc1. The van der Waals surface area contributed by atoms with Crippen LogP contribution in [0.3, 0.4) is 0 Å². The number of rotatable bonds is 2. The Labute approximate surface area is 169 Å². The molecule has 4 nitrogen and oxygen atoms in total. The molecule has 28 heavy (non-hydrogen) atoms. The van der Waals surface area contributed by atoms with Crippen molar-refractivity contribution in [3.05, 3.63) is 90.2 Å². The number of anilines is 1. The molecule has 0 unspecified atom stereocenters. The van der Waals surface area contributed by atoms with Gasteiger partial charge in [-0.2, -0.15) is 0 Å². The fourth-order valence-electron chi connectivity index (χ4n) is 1.73. The molecular weight excluding hydrogens is 348 g/mol. The average molecular weight is 381 g/mol. The average Bonchev–Trinajstić information content (AvgIpc) is 2.71. The third-order valence-corrected chi connectivity index (χ3v) is 2.92. The number of carboxylic acids is 1. The molecular formula is C24H32N2O2. The maximum absolute atomic E-state index is 10.7. The van der Waals surface area contributed by atoms with Gasteiger partial charge in [-0.15, -0.1) is 13.2 Å². The zero-order valence-electron chi connectivity index (χ0n) is 17.3. The molecule has 0 atom stereocenters. The Morgan fingerprint density at radius 3 is 1.68 bits per heavy atom. The van der Waals surface area contributed by atoms with Crippen molar-refractivity contribution in [2.75, 3.05) is 5.73 Å². The summed E-state index contributed by atoms with van der Waals surface area (Å²) in [5.74, 6) is 5.01. The fourth-order valence-corrected chi connectivity index (χ4v) is 1.73. The van der Waals surface area contributed by atoms with Gasteiger partial charge in [0.1, 0.15) is 0 Å². The summed E-state index contributed by atoms with van der Waals surface area (Å²) in [5, 5.41) is 8.76. The van der Waals surface area contributed by atoms with Crippen LogP contribution in [0.5, 0.6) is 0 Å². The molecule has 0 saturated heterocycles. The van der Waals surface area contributed by atoms with Gasteiger partial charge in [-0.1, -0.05) is 38.7 Å². The van der Waals surface area contributed by atoms with E-state index in [1.165, 1.54) is 12.1 Å². The summed E-state index contributed by atoms with van der Waals surface area (Å²) in [6.07, 6.45) is 3.03. The van der Waals surface area contributed by atoms with E-state index < -0.39 is 5.97 Å². The van der Waals surface area contributed by atoms with Crippen LogP contribution in [-0.2, 0) is 0 Å². The number of aromatic carboxylic acids is 1. The number of nitrogen functional groups attached to an aromatic ring is 1. The van der Waals surface area contributed by atoms with Gasteiger partial charge in [0.2, 0.25) is 0 Å². The third-order valence-electron chi connectivity index (χ3n) is 2.92. The molecule has 0 bridgehead atoms. The Kier molecular flexibility index (Phi) is 16.2. The van der Waals surface area contributed by atoms with Crippen molar-refractivity contribution in [2.24, 2.45) is 5.73 Å². The predicted octanol–water partition coefficient (Wildman–Crippen LogP) is 5.45. The van der Waals surface area contributed by atoms with E-state index >= 15 is 0 Å². The standard InChI is InChI=1S/C15H11NO2.C5H11N.C2H6.C2H4/c16-14-9-5-12(6-10-14)2-1-11-3-7-13(8-4-11)15(17)18;1-3-4-5(2)6;2*1-2/h3-10H,16H2,(H,17,18);4H,3,6H2,1-2H3;1-2H3;1-2H2/b;5-4+;;. The highest BCUT2D eigenvalue weighted by atomic mass is 16.4. The van der Waals surface area contributed by atoms with Crippen LogP contribution in [0, 0.1) is 11.8 Å². The molecule has 0 amide bonds. The van der Waals surface area contributed by atoms with Gasteiger partial charge in [-0.05, 0) is 61.9 Å². The normalized spacial score (nSPS) is 8.93. The number of carboxylic acid groups (broad SMARTS) is 1. The maximum atomic E-state index is 10.7. The summed E-state index contributed by atoms with van der Waals surface area (Å²) < 4.78 is 0. The van der Waals surface area contributed by atoms with Crippen molar-refractivity contribution in [3.63, 3.8) is 0 Å². The second-order valence-corrected chi connectivity index (χ2v) is 5.11. The zero-order valence-corrected chi connectivity index (χ0v) is 17.3. The molecule has 2 rings (SSSR count). The number of nitrogens with two attached hydrogens (primary N) is 2. The summed E-state index contributed by atoms with van der Waals surface area (Å²) in [5.41, 5.74) is 14.4. The lowest BCUT2D eigenvalue weighted by molar-refractivity contribution is 0.0697. The molecule has 4 heteroatoms. The second-order valence-electron chi connectivity index (χ2n) is 5.11. The molecule has 0 fully saturated rings. The Morgan fingerprint density at radius 2 is 1.39 bits per heavy atom. The van der Waals surface area contributed by atoms with Crippen molar-refractivity contribution in [2.45, 2.75) is 34.1 Å². The molecule has 5 N–H and O–H groups in total. The molecule has 150 valence electrons. The Balaban J connectivity index is 0. The molecule has 0 aromatic heterocycles. The highest BCUT2D eigenvalue weighted by Crippen LogP contribution is 2.06. The van der Waals surface area contributed by atoms with E-state index in [-0.39, 0.29) is 5.56 Å². The smallest absolute Gasteiger partial charge is 0.335 e. The number of benzene rings is 2. The number of hydrogen-bond donors (Lipinski definition) is 3. The summed E-state index contributed by atoms with van der Waals surface area (Å²) in [6.45, 7) is 14.0. The lowest BCUT2D eigenvalue weighted by atomic mass is 10.1. The van der Waals surface area contributed by atoms with Gasteiger partial charge in [-0.3, -0.25) is 0 Å².